The molecule has 0 amide bonds. The molecular formula is C22H23ClN4O. The summed E-state index contributed by atoms with van der Waals surface area (Å²) in [5.74, 6) is 1.49. The van der Waals surface area contributed by atoms with Crippen molar-refractivity contribution in [3.63, 3.8) is 0 Å². The number of nitrogens with zero attached hydrogens (tertiary/aromatic N) is 4. The predicted octanol–water partition coefficient (Wildman–Crippen LogP) is 4.22. The van der Waals surface area contributed by atoms with E-state index in [-0.39, 0.29) is 5.92 Å². The molecule has 28 heavy (non-hydrogen) atoms. The number of likely N-dealkylation sites (N-methyl/N-ethyl adjacent to an activating group) is 1. The molecule has 6 heteroatoms. The third kappa shape index (κ3) is 3.19. The Hall–Kier alpha value is -2.37. The van der Waals surface area contributed by atoms with Crippen molar-refractivity contribution in [1.29, 1.82) is 0 Å². The Labute approximate surface area is 169 Å². The van der Waals surface area contributed by atoms with Gasteiger partial charge in [-0.05, 0) is 55.8 Å². The largest absolute Gasteiger partial charge is 0.369 e. The summed E-state index contributed by atoms with van der Waals surface area (Å²) in [4.78, 5) is 9.38. The molecule has 144 valence electrons. The average Bonchev–Trinajstić information content (AvgIpc) is 3.05. The lowest BCUT2D eigenvalue weighted by Gasteiger charge is -2.26. The number of hydrogen-bond donors (Lipinski definition) is 0. The van der Waals surface area contributed by atoms with E-state index in [0.717, 1.165) is 55.3 Å². The second kappa shape index (κ2) is 7.22. The van der Waals surface area contributed by atoms with Crippen molar-refractivity contribution in [2.24, 2.45) is 0 Å². The second-order valence-electron chi connectivity index (χ2n) is 7.72. The quantitative estimate of drug-likeness (QED) is 0.665. The highest BCUT2D eigenvalue weighted by Gasteiger charge is 2.31. The normalized spacial score (nSPS) is 19.8. The number of anilines is 1. The maximum Gasteiger partial charge on any atom is 0.234 e. The van der Waals surface area contributed by atoms with Gasteiger partial charge in [-0.15, -0.1) is 0 Å². The van der Waals surface area contributed by atoms with Gasteiger partial charge in [0.2, 0.25) is 11.7 Å². The van der Waals surface area contributed by atoms with E-state index >= 15 is 0 Å². The minimum absolute atomic E-state index is 0.210. The molecule has 5 rings (SSSR count). The Balaban J connectivity index is 1.36. The smallest absolute Gasteiger partial charge is 0.234 e. The highest BCUT2D eigenvalue weighted by molar-refractivity contribution is 6.33. The van der Waals surface area contributed by atoms with E-state index < -0.39 is 0 Å². The summed E-state index contributed by atoms with van der Waals surface area (Å²) in [6.07, 6.45) is 2.10. The van der Waals surface area contributed by atoms with Crippen LogP contribution < -0.4 is 4.90 Å². The van der Waals surface area contributed by atoms with Gasteiger partial charge in [-0.2, -0.15) is 4.98 Å². The molecule has 0 saturated carbocycles. The molecule has 0 radical (unpaired) electrons. The lowest BCUT2D eigenvalue weighted by molar-refractivity contribution is 0.356. The van der Waals surface area contributed by atoms with Crippen LogP contribution in [-0.2, 0) is 6.42 Å². The fourth-order valence-electron chi connectivity index (χ4n) is 4.16. The Morgan fingerprint density at radius 3 is 2.82 bits per heavy atom. The topological polar surface area (TPSA) is 45.4 Å². The molecule has 3 aromatic rings. The van der Waals surface area contributed by atoms with Gasteiger partial charge in [0.1, 0.15) is 0 Å². The van der Waals surface area contributed by atoms with Crippen LogP contribution in [0.5, 0.6) is 0 Å². The zero-order chi connectivity index (χ0) is 19.1. The van der Waals surface area contributed by atoms with Crippen LogP contribution in [0, 0.1) is 0 Å². The van der Waals surface area contributed by atoms with Gasteiger partial charge in [0.05, 0.1) is 16.6 Å². The van der Waals surface area contributed by atoms with Crippen molar-refractivity contribution in [1.82, 2.24) is 15.0 Å². The van der Waals surface area contributed by atoms with E-state index in [1.807, 2.05) is 12.1 Å². The van der Waals surface area contributed by atoms with Crippen molar-refractivity contribution in [2.75, 3.05) is 38.1 Å². The predicted molar refractivity (Wildman–Crippen MR) is 111 cm³/mol. The first kappa shape index (κ1) is 17.7. The molecule has 0 N–H and O–H groups in total. The minimum Gasteiger partial charge on any atom is -0.369 e. The Morgan fingerprint density at radius 1 is 1.07 bits per heavy atom. The number of aromatic nitrogens is 2. The van der Waals surface area contributed by atoms with Gasteiger partial charge in [0.25, 0.3) is 0 Å². The zero-order valence-corrected chi connectivity index (χ0v) is 16.7. The molecule has 0 spiro atoms. The van der Waals surface area contributed by atoms with E-state index in [9.17, 15) is 0 Å². The van der Waals surface area contributed by atoms with E-state index in [1.165, 1.54) is 11.1 Å². The third-order valence-corrected chi connectivity index (χ3v) is 6.16. The summed E-state index contributed by atoms with van der Waals surface area (Å²) in [6, 6.07) is 14.5. The van der Waals surface area contributed by atoms with Crippen molar-refractivity contribution in [3.8, 4) is 11.4 Å². The highest BCUT2D eigenvalue weighted by Crippen LogP contribution is 2.40. The van der Waals surface area contributed by atoms with Crippen LogP contribution in [0.25, 0.3) is 11.4 Å². The minimum atomic E-state index is 0.210. The van der Waals surface area contributed by atoms with Crippen molar-refractivity contribution in [2.45, 2.75) is 18.8 Å². The van der Waals surface area contributed by atoms with E-state index in [4.69, 9.17) is 16.1 Å². The van der Waals surface area contributed by atoms with Crippen LogP contribution >= 0.6 is 11.6 Å². The summed E-state index contributed by atoms with van der Waals surface area (Å²) >= 11 is 6.64. The standard InChI is InChI=1S/C22H23ClN4O/c1-26-9-4-10-27(12-11-26)20-8-7-16(14-19(20)23)21-24-22(28-25-21)18-13-15-5-2-3-6-17(15)18/h2-3,5-8,14,18H,4,9-13H2,1H3. The first-order valence-electron chi connectivity index (χ1n) is 9.84. The molecule has 1 fully saturated rings. The van der Waals surface area contributed by atoms with Gasteiger partial charge in [-0.3, -0.25) is 0 Å². The molecule has 1 aromatic heterocycles. The van der Waals surface area contributed by atoms with Crippen LogP contribution in [0.3, 0.4) is 0 Å². The van der Waals surface area contributed by atoms with Gasteiger partial charge in [-0.25, -0.2) is 0 Å². The molecule has 1 atom stereocenters. The maximum absolute atomic E-state index is 6.64. The molecule has 0 bridgehead atoms. The van der Waals surface area contributed by atoms with Crippen LogP contribution in [0.15, 0.2) is 47.0 Å². The number of hydrogen-bond acceptors (Lipinski definition) is 5. The molecule has 1 aliphatic carbocycles. The Bertz CT molecular complexity index is 1000. The van der Waals surface area contributed by atoms with Crippen LogP contribution in [0.2, 0.25) is 5.02 Å². The van der Waals surface area contributed by atoms with Crippen LogP contribution in [-0.4, -0.2) is 48.3 Å². The van der Waals surface area contributed by atoms with E-state index in [0.29, 0.717) is 11.7 Å². The van der Waals surface area contributed by atoms with Gasteiger partial charge >= 0.3 is 0 Å². The summed E-state index contributed by atoms with van der Waals surface area (Å²) in [5, 5.41) is 4.94. The number of fused-ring (bicyclic) bond motifs is 1. The molecular weight excluding hydrogens is 372 g/mol. The Morgan fingerprint density at radius 2 is 1.96 bits per heavy atom. The molecule has 2 aromatic carbocycles. The summed E-state index contributed by atoms with van der Waals surface area (Å²) in [5.41, 5.74) is 4.63. The number of benzene rings is 2. The first-order chi connectivity index (χ1) is 13.7. The molecule has 5 nitrogen and oxygen atoms in total. The fraction of sp³-hybridized carbons (Fsp3) is 0.364. The number of halogens is 1. The summed E-state index contributed by atoms with van der Waals surface area (Å²) in [6.45, 7) is 4.19. The third-order valence-electron chi connectivity index (χ3n) is 5.86. The van der Waals surface area contributed by atoms with Crippen LogP contribution in [0.1, 0.15) is 29.4 Å². The van der Waals surface area contributed by atoms with Crippen LogP contribution in [0.4, 0.5) is 5.69 Å². The number of rotatable bonds is 3. The average molecular weight is 395 g/mol. The lowest BCUT2D eigenvalue weighted by atomic mass is 9.77. The molecule has 2 heterocycles. The summed E-state index contributed by atoms with van der Waals surface area (Å²) in [7, 11) is 2.17. The molecule has 2 aliphatic rings. The van der Waals surface area contributed by atoms with E-state index in [1.54, 1.807) is 0 Å². The van der Waals surface area contributed by atoms with Crippen molar-refractivity contribution in [3.05, 3.63) is 64.5 Å². The van der Waals surface area contributed by atoms with Gasteiger partial charge < -0.3 is 14.3 Å². The zero-order valence-electron chi connectivity index (χ0n) is 15.9. The van der Waals surface area contributed by atoms with Crippen molar-refractivity contribution >= 4 is 17.3 Å². The molecule has 1 unspecified atom stereocenters. The molecule has 1 aliphatic heterocycles. The first-order valence-corrected chi connectivity index (χ1v) is 10.2. The van der Waals surface area contributed by atoms with Gasteiger partial charge in [0, 0.05) is 25.2 Å². The summed E-state index contributed by atoms with van der Waals surface area (Å²) < 4.78 is 5.57. The molecule has 1 saturated heterocycles. The van der Waals surface area contributed by atoms with Gasteiger partial charge in [-0.1, -0.05) is 41.0 Å². The Kier molecular flexibility index (Phi) is 4.57. The van der Waals surface area contributed by atoms with E-state index in [2.05, 4.69) is 57.3 Å². The highest BCUT2D eigenvalue weighted by atomic mass is 35.5. The second-order valence-corrected chi connectivity index (χ2v) is 8.13. The fourth-order valence-corrected chi connectivity index (χ4v) is 4.46. The SMILES string of the molecule is CN1CCCN(c2ccc(-c3noc(C4Cc5ccccc54)n3)cc2Cl)CC1. The van der Waals surface area contributed by atoms with Gasteiger partial charge in [0.15, 0.2) is 0 Å². The maximum atomic E-state index is 6.64. The lowest BCUT2D eigenvalue weighted by Crippen LogP contribution is -2.28. The van der Waals surface area contributed by atoms with Crippen molar-refractivity contribution < 1.29 is 4.52 Å². The monoisotopic (exact) mass is 394 g/mol.